The van der Waals surface area contributed by atoms with Gasteiger partial charge in [-0.15, -0.1) is 0 Å². The molecule has 0 aliphatic rings. The Kier molecular flexibility index (Phi) is 2.65. The molecule has 0 atom stereocenters. The Morgan fingerprint density at radius 3 is 2.60 bits per heavy atom. The molecule has 0 bridgehead atoms. The number of carbonyl (C=O) groups excluding carboxylic acids is 1. The number of fused-ring (bicyclic) bond motifs is 1. The van der Waals surface area contributed by atoms with Crippen molar-refractivity contribution in [2.24, 2.45) is 0 Å². The zero-order valence-corrected chi connectivity index (χ0v) is 10.3. The lowest BCUT2D eigenvalue weighted by Gasteiger charge is -2.10. The Balaban J connectivity index is 2.90. The van der Waals surface area contributed by atoms with E-state index in [9.17, 15) is 4.79 Å². The Morgan fingerprint density at radius 1 is 1.33 bits per heavy atom. The predicted octanol–water partition coefficient (Wildman–Crippen LogP) is 3.80. The number of aromatic nitrogens is 1. The molecule has 2 nitrogen and oxygen atoms in total. The fraction of sp³-hybridized carbons (Fsp3) is 0.250. The lowest BCUT2D eigenvalue weighted by Crippen LogP contribution is -2.00. The predicted molar refractivity (Wildman–Crippen MR) is 65.4 cm³/mol. The summed E-state index contributed by atoms with van der Waals surface area (Å²) in [4.78, 5) is 11.0. The summed E-state index contributed by atoms with van der Waals surface area (Å²) in [7, 11) is 0. The van der Waals surface area contributed by atoms with Crippen LogP contribution in [0.25, 0.3) is 10.9 Å². The average Bonchev–Trinajstić information content (AvgIpc) is 2.49. The summed E-state index contributed by atoms with van der Waals surface area (Å²) in [6, 6.07) is 8.28. The van der Waals surface area contributed by atoms with E-state index < -0.39 is 0 Å². The van der Waals surface area contributed by atoms with Gasteiger partial charge in [0.2, 0.25) is 0 Å². The SMILES string of the molecule is CC(C)n1c(Br)c(C=O)c2ccccc21. The van der Waals surface area contributed by atoms with Crippen molar-refractivity contribution in [2.75, 3.05) is 0 Å². The van der Waals surface area contributed by atoms with Gasteiger partial charge in [0.1, 0.15) is 0 Å². The summed E-state index contributed by atoms with van der Waals surface area (Å²) in [5, 5.41) is 1.01. The highest BCUT2D eigenvalue weighted by molar-refractivity contribution is 9.10. The molecule has 0 spiro atoms. The van der Waals surface area contributed by atoms with Crippen molar-refractivity contribution in [1.82, 2.24) is 4.57 Å². The van der Waals surface area contributed by atoms with Gasteiger partial charge in [0.15, 0.2) is 6.29 Å². The van der Waals surface area contributed by atoms with Crippen molar-refractivity contribution in [3.63, 3.8) is 0 Å². The van der Waals surface area contributed by atoms with E-state index in [1.165, 1.54) is 0 Å². The lowest BCUT2D eigenvalue weighted by molar-refractivity contribution is 0.112. The third kappa shape index (κ3) is 1.51. The van der Waals surface area contributed by atoms with Gasteiger partial charge in [-0.05, 0) is 35.8 Å². The van der Waals surface area contributed by atoms with Gasteiger partial charge in [0.25, 0.3) is 0 Å². The van der Waals surface area contributed by atoms with Crippen molar-refractivity contribution in [3.8, 4) is 0 Å². The third-order valence-electron chi connectivity index (χ3n) is 2.52. The summed E-state index contributed by atoms with van der Waals surface area (Å²) in [6.45, 7) is 4.21. The van der Waals surface area contributed by atoms with E-state index in [4.69, 9.17) is 0 Å². The Morgan fingerprint density at radius 2 is 2.00 bits per heavy atom. The lowest BCUT2D eigenvalue weighted by atomic mass is 10.2. The third-order valence-corrected chi connectivity index (χ3v) is 3.33. The molecule has 0 unspecified atom stereocenters. The molecular formula is C12H12BrNO. The molecule has 0 aliphatic carbocycles. The summed E-state index contributed by atoms with van der Waals surface area (Å²) >= 11 is 3.49. The fourth-order valence-corrected chi connectivity index (χ4v) is 2.78. The summed E-state index contributed by atoms with van der Waals surface area (Å²) < 4.78 is 2.99. The summed E-state index contributed by atoms with van der Waals surface area (Å²) in [6.07, 6.45) is 0.908. The van der Waals surface area contributed by atoms with E-state index in [0.29, 0.717) is 6.04 Å². The van der Waals surface area contributed by atoms with Crippen LogP contribution in [0.4, 0.5) is 0 Å². The minimum Gasteiger partial charge on any atom is -0.332 e. The molecule has 0 amide bonds. The van der Waals surface area contributed by atoms with Crippen molar-refractivity contribution in [1.29, 1.82) is 0 Å². The van der Waals surface area contributed by atoms with Crippen LogP contribution in [0.3, 0.4) is 0 Å². The highest BCUT2D eigenvalue weighted by Crippen LogP contribution is 2.31. The van der Waals surface area contributed by atoms with Gasteiger partial charge in [-0.25, -0.2) is 0 Å². The first kappa shape index (κ1) is 10.4. The minimum atomic E-state index is 0.331. The number of nitrogens with zero attached hydrogens (tertiary/aromatic N) is 1. The van der Waals surface area contributed by atoms with Crippen LogP contribution in [-0.4, -0.2) is 10.9 Å². The molecule has 1 aromatic heterocycles. The molecule has 1 aromatic carbocycles. The first-order valence-electron chi connectivity index (χ1n) is 4.90. The molecule has 2 rings (SSSR count). The molecule has 2 aromatic rings. The van der Waals surface area contributed by atoms with Gasteiger partial charge >= 0.3 is 0 Å². The molecule has 0 radical (unpaired) electrons. The highest BCUT2D eigenvalue weighted by Gasteiger charge is 2.15. The zero-order chi connectivity index (χ0) is 11.0. The molecule has 0 fully saturated rings. The molecule has 1 heterocycles. The number of benzene rings is 1. The Bertz CT molecular complexity index is 514. The van der Waals surface area contributed by atoms with E-state index in [0.717, 1.165) is 27.4 Å². The standard InChI is InChI=1S/C12H12BrNO/c1-8(2)14-11-6-4-3-5-9(11)10(7-15)12(14)13/h3-8H,1-2H3. The largest absolute Gasteiger partial charge is 0.332 e. The number of carbonyl (C=O) groups is 1. The van der Waals surface area contributed by atoms with Crippen LogP contribution in [0.15, 0.2) is 28.9 Å². The van der Waals surface area contributed by atoms with Gasteiger partial charge in [0.05, 0.1) is 10.2 Å². The zero-order valence-electron chi connectivity index (χ0n) is 8.70. The Labute approximate surface area is 97.0 Å². The quantitative estimate of drug-likeness (QED) is 0.758. The molecule has 0 saturated heterocycles. The number of rotatable bonds is 2. The number of hydrogen-bond acceptors (Lipinski definition) is 1. The van der Waals surface area contributed by atoms with Crippen LogP contribution in [0.2, 0.25) is 0 Å². The molecule has 15 heavy (non-hydrogen) atoms. The maximum atomic E-state index is 11.0. The summed E-state index contributed by atoms with van der Waals surface area (Å²) in [5.41, 5.74) is 1.83. The van der Waals surface area contributed by atoms with Gasteiger partial charge in [-0.2, -0.15) is 0 Å². The van der Waals surface area contributed by atoms with E-state index >= 15 is 0 Å². The van der Waals surface area contributed by atoms with E-state index in [2.05, 4.69) is 34.3 Å². The maximum Gasteiger partial charge on any atom is 0.153 e. The summed E-state index contributed by atoms with van der Waals surface area (Å²) in [5.74, 6) is 0. The average molecular weight is 266 g/mol. The molecule has 0 aliphatic heterocycles. The molecule has 3 heteroatoms. The first-order chi connectivity index (χ1) is 7.16. The number of aldehydes is 1. The van der Waals surface area contributed by atoms with Crippen LogP contribution in [-0.2, 0) is 0 Å². The number of halogens is 1. The number of para-hydroxylation sites is 1. The van der Waals surface area contributed by atoms with Crippen LogP contribution in [0.5, 0.6) is 0 Å². The van der Waals surface area contributed by atoms with Crippen molar-refractivity contribution < 1.29 is 4.79 Å². The second kappa shape index (κ2) is 3.81. The Hall–Kier alpha value is -1.09. The van der Waals surface area contributed by atoms with E-state index in [1.807, 2.05) is 24.3 Å². The van der Waals surface area contributed by atoms with Crippen LogP contribution in [0.1, 0.15) is 30.2 Å². The van der Waals surface area contributed by atoms with Crippen LogP contribution < -0.4 is 0 Å². The second-order valence-corrected chi connectivity index (χ2v) is 4.55. The molecular weight excluding hydrogens is 254 g/mol. The van der Waals surface area contributed by atoms with Crippen molar-refractivity contribution in [2.45, 2.75) is 19.9 Å². The van der Waals surface area contributed by atoms with E-state index in [1.54, 1.807) is 0 Å². The normalized spacial score (nSPS) is 11.2. The van der Waals surface area contributed by atoms with Crippen molar-refractivity contribution in [3.05, 3.63) is 34.4 Å². The maximum absolute atomic E-state index is 11.0. The van der Waals surface area contributed by atoms with Crippen LogP contribution >= 0.6 is 15.9 Å². The van der Waals surface area contributed by atoms with Gasteiger partial charge in [-0.1, -0.05) is 18.2 Å². The molecule has 78 valence electrons. The first-order valence-corrected chi connectivity index (χ1v) is 5.69. The molecule has 0 N–H and O–H groups in total. The fourth-order valence-electron chi connectivity index (χ4n) is 1.88. The highest BCUT2D eigenvalue weighted by atomic mass is 79.9. The van der Waals surface area contributed by atoms with E-state index in [-0.39, 0.29) is 0 Å². The van der Waals surface area contributed by atoms with Gasteiger partial charge in [-0.3, -0.25) is 4.79 Å². The number of hydrogen-bond donors (Lipinski definition) is 0. The van der Waals surface area contributed by atoms with Crippen LogP contribution in [0, 0.1) is 0 Å². The van der Waals surface area contributed by atoms with Crippen molar-refractivity contribution >= 4 is 33.1 Å². The monoisotopic (exact) mass is 265 g/mol. The molecule has 0 saturated carbocycles. The smallest absolute Gasteiger partial charge is 0.153 e. The van der Waals surface area contributed by atoms with Gasteiger partial charge in [0, 0.05) is 16.9 Å². The van der Waals surface area contributed by atoms with Gasteiger partial charge < -0.3 is 4.57 Å². The second-order valence-electron chi connectivity index (χ2n) is 3.80. The topological polar surface area (TPSA) is 22.0 Å². The minimum absolute atomic E-state index is 0.331.